The molecule has 2 aromatic heterocycles. The Morgan fingerprint density at radius 2 is 2.38 bits per heavy atom. The number of nitrogen functional groups attached to an aromatic ring is 1. The van der Waals surface area contributed by atoms with Crippen molar-refractivity contribution in [2.24, 2.45) is 0 Å². The van der Waals surface area contributed by atoms with Crippen molar-refractivity contribution in [3.05, 3.63) is 42.0 Å². The van der Waals surface area contributed by atoms with Gasteiger partial charge in [0, 0.05) is 6.04 Å². The molecule has 2 aromatic rings. The summed E-state index contributed by atoms with van der Waals surface area (Å²) < 4.78 is 10.2. The number of anilines is 2. The molecule has 6 nitrogen and oxygen atoms in total. The number of rotatable bonds is 5. The summed E-state index contributed by atoms with van der Waals surface area (Å²) >= 11 is 0. The Morgan fingerprint density at radius 3 is 3.00 bits per heavy atom. The molecule has 0 spiro atoms. The van der Waals surface area contributed by atoms with Crippen molar-refractivity contribution in [3.63, 3.8) is 0 Å². The third kappa shape index (κ3) is 2.84. The van der Waals surface area contributed by atoms with Crippen LogP contribution in [0.2, 0.25) is 0 Å². The van der Waals surface area contributed by atoms with Crippen LogP contribution in [0.4, 0.5) is 11.5 Å². The topological polar surface area (TPSA) is 81.6 Å². The minimum absolute atomic E-state index is 0.319. The third-order valence-corrected chi connectivity index (χ3v) is 3.51. The van der Waals surface area contributed by atoms with Crippen molar-refractivity contribution in [2.45, 2.75) is 25.4 Å². The Labute approximate surface area is 122 Å². The van der Waals surface area contributed by atoms with Gasteiger partial charge in [-0.25, -0.2) is 9.78 Å². The first kappa shape index (κ1) is 13.5. The van der Waals surface area contributed by atoms with E-state index in [1.54, 1.807) is 12.3 Å². The molecule has 21 heavy (non-hydrogen) atoms. The fourth-order valence-corrected chi connectivity index (χ4v) is 2.25. The lowest BCUT2D eigenvalue weighted by atomic mass is 10.2. The molecule has 1 saturated carbocycles. The average molecular weight is 287 g/mol. The van der Waals surface area contributed by atoms with Gasteiger partial charge in [0.2, 0.25) is 0 Å². The van der Waals surface area contributed by atoms with Crippen LogP contribution in [0.1, 0.15) is 29.0 Å². The number of ether oxygens (including phenoxy) is 1. The molecule has 0 amide bonds. The first-order chi connectivity index (χ1) is 10.2. The van der Waals surface area contributed by atoms with Crippen molar-refractivity contribution in [1.82, 2.24) is 4.98 Å². The monoisotopic (exact) mass is 287 g/mol. The summed E-state index contributed by atoms with van der Waals surface area (Å²) in [7, 11) is 1.34. The molecule has 0 atom stereocenters. The van der Waals surface area contributed by atoms with Crippen LogP contribution >= 0.6 is 0 Å². The van der Waals surface area contributed by atoms with E-state index in [1.807, 2.05) is 12.1 Å². The summed E-state index contributed by atoms with van der Waals surface area (Å²) in [5.41, 5.74) is 6.45. The Morgan fingerprint density at radius 1 is 1.57 bits per heavy atom. The molecular weight excluding hydrogens is 270 g/mol. The van der Waals surface area contributed by atoms with Gasteiger partial charge in [0.1, 0.15) is 11.6 Å². The van der Waals surface area contributed by atoms with Crippen molar-refractivity contribution < 1.29 is 13.9 Å². The van der Waals surface area contributed by atoms with Crippen molar-refractivity contribution >= 4 is 17.5 Å². The standard InChI is InChI=1S/C15H17N3O3/c1-20-15(19)12-7-14(17-8-13(12)16)18(10-4-5-10)9-11-3-2-6-21-11/h2-3,6-8,10H,4-5,9,16H2,1H3. The van der Waals surface area contributed by atoms with Gasteiger partial charge in [0.25, 0.3) is 0 Å². The lowest BCUT2D eigenvalue weighted by Gasteiger charge is -2.23. The lowest BCUT2D eigenvalue weighted by Crippen LogP contribution is -2.26. The van der Waals surface area contributed by atoms with E-state index in [1.165, 1.54) is 13.3 Å². The number of nitrogens with two attached hydrogens (primary N) is 1. The largest absolute Gasteiger partial charge is 0.467 e. The van der Waals surface area contributed by atoms with Gasteiger partial charge < -0.3 is 19.8 Å². The predicted molar refractivity (Wildman–Crippen MR) is 77.9 cm³/mol. The van der Waals surface area contributed by atoms with Gasteiger partial charge in [-0.15, -0.1) is 0 Å². The molecule has 2 N–H and O–H groups in total. The van der Waals surface area contributed by atoms with Gasteiger partial charge in [-0.2, -0.15) is 0 Å². The Bertz CT molecular complexity index is 636. The second kappa shape index (κ2) is 5.47. The number of carbonyl (C=O) groups is 1. The number of pyridine rings is 1. The number of hydrogen-bond acceptors (Lipinski definition) is 6. The maximum absolute atomic E-state index is 11.7. The van der Waals surface area contributed by atoms with Gasteiger partial charge in [0.05, 0.1) is 37.4 Å². The van der Waals surface area contributed by atoms with Gasteiger partial charge in [-0.05, 0) is 31.0 Å². The highest BCUT2D eigenvalue weighted by atomic mass is 16.5. The highest BCUT2D eigenvalue weighted by Gasteiger charge is 2.31. The van der Waals surface area contributed by atoms with E-state index in [4.69, 9.17) is 14.9 Å². The van der Waals surface area contributed by atoms with Gasteiger partial charge >= 0.3 is 5.97 Å². The Balaban J connectivity index is 1.90. The maximum Gasteiger partial charge on any atom is 0.340 e. The van der Waals surface area contributed by atoms with E-state index in [0.717, 1.165) is 18.6 Å². The third-order valence-electron chi connectivity index (χ3n) is 3.51. The van der Waals surface area contributed by atoms with Crippen molar-refractivity contribution in [2.75, 3.05) is 17.7 Å². The molecule has 0 aliphatic heterocycles. The quantitative estimate of drug-likeness (QED) is 0.849. The molecule has 1 aliphatic carbocycles. The van der Waals surface area contributed by atoms with Crippen LogP contribution in [0.25, 0.3) is 0 Å². The smallest absolute Gasteiger partial charge is 0.340 e. The van der Waals surface area contributed by atoms with Crippen LogP contribution in [0.3, 0.4) is 0 Å². The summed E-state index contributed by atoms with van der Waals surface area (Å²) in [5.74, 6) is 1.12. The normalized spacial score (nSPS) is 14.0. The molecule has 2 heterocycles. The molecule has 1 fully saturated rings. The molecule has 0 radical (unpaired) electrons. The van der Waals surface area contributed by atoms with E-state index < -0.39 is 5.97 Å². The number of hydrogen-bond donors (Lipinski definition) is 1. The molecule has 0 aromatic carbocycles. The van der Waals surface area contributed by atoms with E-state index in [-0.39, 0.29) is 0 Å². The highest BCUT2D eigenvalue weighted by Crippen LogP contribution is 2.33. The van der Waals surface area contributed by atoms with Crippen LogP contribution in [-0.4, -0.2) is 24.1 Å². The summed E-state index contributed by atoms with van der Waals surface area (Å²) in [6.45, 7) is 0.620. The molecule has 110 valence electrons. The molecule has 1 aliphatic rings. The SMILES string of the molecule is COC(=O)c1cc(N(Cc2ccco2)C2CC2)ncc1N. The van der Waals surface area contributed by atoms with E-state index >= 15 is 0 Å². The number of esters is 1. The molecule has 0 unspecified atom stereocenters. The van der Waals surface area contributed by atoms with Crippen LogP contribution < -0.4 is 10.6 Å². The zero-order chi connectivity index (χ0) is 14.8. The second-order valence-corrected chi connectivity index (χ2v) is 5.06. The molecule has 0 saturated heterocycles. The van der Waals surface area contributed by atoms with Crippen LogP contribution in [-0.2, 0) is 11.3 Å². The molecule has 0 bridgehead atoms. The minimum Gasteiger partial charge on any atom is -0.467 e. The molecular formula is C15H17N3O3. The lowest BCUT2D eigenvalue weighted by molar-refractivity contribution is 0.0602. The Hall–Kier alpha value is -2.50. The van der Waals surface area contributed by atoms with E-state index in [0.29, 0.717) is 29.7 Å². The number of methoxy groups -OCH3 is 1. The fraction of sp³-hybridized carbons (Fsp3) is 0.333. The number of carbonyl (C=O) groups excluding carboxylic acids is 1. The Kier molecular flexibility index (Phi) is 3.51. The van der Waals surface area contributed by atoms with E-state index in [2.05, 4.69) is 9.88 Å². The first-order valence-electron chi connectivity index (χ1n) is 6.82. The highest BCUT2D eigenvalue weighted by molar-refractivity contribution is 5.95. The molecule has 6 heteroatoms. The summed E-state index contributed by atoms with van der Waals surface area (Å²) in [5, 5.41) is 0. The molecule has 3 rings (SSSR count). The number of nitrogens with zero attached hydrogens (tertiary/aromatic N) is 2. The summed E-state index contributed by atoms with van der Waals surface area (Å²) in [6.07, 6.45) is 5.37. The van der Waals surface area contributed by atoms with Crippen LogP contribution in [0, 0.1) is 0 Å². The first-order valence-corrected chi connectivity index (χ1v) is 6.82. The minimum atomic E-state index is -0.454. The van der Waals surface area contributed by atoms with Crippen LogP contribution in [0.15, 0.2) is 35.1 Å². The predicted octanol–water partition coefficient (Wildman–Crippen LogP) is 2.21. The second-order valence-electron chi connectivity index (χ2n) is 5.06. The van der Waals surface area contributed by atoms with Gasteiger partial charge in [-0.3, -0.25) is 0 Å². The van der Waals surface area contributed by atoms with Crippen molar-refractivity contribution in [1.29, 1.82) is 0 Å². The number of aromatic nitrogens is 1. The van der Waals surface area contributed by atoms with Gasteiger partial charge in [-0.1, -0.05) is 0 Å². The fourth-order valence-electron chi connectivity index (χ4n) is 2.25. The average Bonchev–Trinajstić information content (AvgIpc) is 3.21. The zero-order valence-electron chi connectivity index (χ0n) is 11.8. The van der Waals surface area contributed by atoms with Crippen LogP contribution in [0.5, 0.6) is 0 Å². The maximum atomic E-state index is 11.7. The summed E-state index contributed by atoms with van der Waals surface area (Å²) in [6, 6.07) is 5.89. The van der Waals surface area contributed by atoms with Crippen molar-refractivity contribution in [3.8, 4) is 0 Å². The van der Waals surface area contributed by atoms with E-state index in [9.17, 15) is 4.79 Å². The summed E-state index contributed by atoms with van der Waals surface area (Å²) in [4.78, 5) is 18.2. The number of furan rings is 1. The van der Waals surface area contributed by atoms with Gasteiger partial charge in [0.15, 0.2) is 0 Å². The zero-order valence-corrected chi connectivity index (χ0v) is 11.8.